The Hall–Kier alpha value is -2.46. The number of nitrogens with one attached hydrogen (secondary N) is 2. The number of nitrogens with zero attached hydrogens (tertiary/aromatic N) is 4. The molecule has 0 atom stereocenters. The average molecular weight is 392 g/mol. The number of carbonyl (C=O) groups is 1. The molecule has 1 saturated heterocycles. The molecule has 0 saturated carbocycles. The van der Waals surface area contributed by atoms with Crippen molar-refractivity contribution in [3.8, 4) is 0 Å². The molecular weight excluding hydrogens is 374 g/mol. The Morgan fingerprint density at radius 1 is 1.37 bits per heavy atom. The van der Waals surface area contributed by atoms with Crippen molar-refractivity contribution < 1.29 is 13.6 Å². The lowest BCUT2D eigenvalue weighted by atomic mass is 10.1. The standard InChI is InChI=1S/C17H18F2N6OS/c1-9-21-12-3-2-10(8-13(12)27-9)22-17(26)14-15(16(18)19)25(24-23-14)11-4-6-20-7-5-11/h2-3,8,11,16,20H,4-7H2,1H3,(H,22,26). The van der Waals surface area contributed by atoms with Gasteiger partial charge in [-0.25, -0.2) is 18.4 Å². The summed E-state index contributed by atoms with van der Waals surface area (Å²) in [5.41, 5.74) is 0.589. The first-order valence-corrected chi connectivity index (χ1v) is 9.47. The van der Waals surface area contributed by atoms with E-state index in [1.807, 2.05) is 6.92 Å². The van der Waals surface area contributed by atoms with Crippen molar-refractivity contribution in [2.45, 2.75) is 32.2 Å². The first kappa shape index (κ1) is 17.9. The number of rotatable bonds is 4. The van der Waals surface area contributed by atoms with Crippen LogP contribution in [0.25, 0.3) is 10.2 Å². The molecule has 1 aliphatic rings. The van der Waals surface area contributed by atoms with Gasteiger partial charge in [-0.1, -0.05) is 5.21 Å². The third-order valence-electron chi connectivity index (χ3n) is 4.56. The van der Waals surface area contributed by atoms with Crippen LogP contribution in [0.3, 0.4) is 0 Å². The topological polar surface area (TPSA) is 84.7 Å². The van der Waals surface area contributed by atoms with Crippen molar-refractivity contribution in [1.29, 1.82) is 0 Å². The molecule has 1 amide bonds. The number of aromatic nitrogens is 4. The summed E-state index contributed by atoms with van der Waals surface area (Å²) >= 11 is 1.50. The maximum Gasteiger partial charge on any atom is 0.282 e. The molecule has 4 rings (SSSR count). The maximum atomic E-state index is 13.7. The van der Waals surface area contributed by atoms with E-state index in [2.05, 4.69) is 25.9 Å². The van der Waals surface area contributed by atoms with E-state index in [1.165, 1.54) is 16.0 Å². The number of hydrogen-bond donors (Lipinski definition) is 2. The predicted octanol–water partition coefficient (Wildman–Crippen LogP) is 3.31. The molecule has 2 N–H and O–H groups in total. The number of amides is 1. The van der Waals surface area contributed by atoms with Crippen molar-refractivity contribution in [3.05, 3.63) is 34.6 Å². The van der Waals surface area contributed by atoms with Crippen LogP contribution in [0.1, 0.15) is 46.5 Å². The summed E-state index contributed by atoms with van der Waals surface area (Å²) in [6, 6.07) is 5.07. The lowest BCUT2D eigenvalue weighted by molar-refractivity contribution is 0.0996. The van der Waals surface area contributed by atoms with E-state index < -0.39 is 18.0 Å². The fraction of sp³-hybridized carbons (Fsp3) is 0.412. The Balaban J connectivity index is 1.61. The second-order valence-electron chi connectivity index (χ2n) is 6.42. The third-order valence-corrected chi connectivity index (χ3v) is 5.49. The third kappa shape index (κ3) is 3.54. The Morgan fingerprint density at radius 2 is 2.15 bits per heavy atom. The number of anilines is 1. The smallest absolute Gasteiger partial charge is 0.282 e. The molecule has 1 aromatic carbocycles. The van der Waals surface area contributed by atoms with Gasteiger partial charge in [-0.15, -0.1) is 16.4 Å². The lowest BCUT2D eigenvalue weighted by Crippen LogP contribution is -2.31. The van der Waals surface area contributed by atoms with Crippen molar-refractivity contribution in [2.75, 3.05) is 18.4 Å². The van der Waals surface area contributed by atoms with Crippen LogP contribution in [0.5, 0.6) is 0 Å². The first-order valence-electron chi connectivity index (χ1n) is 8.65. The SMILES string of the molecule is Cc1nc2ccc(NC(=O)c3nnn(C4CCNCC4)c3C(F)F)cc2s1. The van der Waals surface area contributed by atoms with E-state index >= 15 is 0 Å². The molecule has 0 radical (unpaired) electrons. The Bertz CT molecular complexity index is 979. The molecule has 1 aliphatic heterocycles. The maximum absolute atomic E-state index is 13.7. The molecule has 0 bridgehead atoms. The molecule has 142 valence electrons. The van der Waals surface area contributed by atoms with Gasteiger partial charge in [0.05, 0.1) is 21.3 Å². The first-order chi connectivity index (χ1) is 13.0. The Labute approximate surface area is 157 Å². The van der Waals surface area contributed by atoms with Crippen LogP contribution >= 0.6 is 11.3 Å². The van der Waals surface area contributed by atoms with Gasteiger partial charge in [-0.05, 0) is 51.1 Å². The van der Waals surface area contributed by atoms with Crippen molar-refractivity contribution >= 4 is 33.1 Å². The number of thiazole rings is 1. The molecule has 0 aliphatic carbocycles. The van der Waals surface area contributed by atoms with Gasteiger partial charge in [0.15, 0.2) is 5.69 Å². The van der Waals surface area contributed by atoms with Crippen molar-refractivity contribution in [3.63, 3.8) is 0 Å². The summed E-state index contributed by atoms with van der Waals surface area (Å²) in [6.45, 7) is 3.35. The quantitative estimate of drug-likeness (QED) is 0.712. The van der Waals surface area contributed by atoms with E-state index in [0.29, 0.717) is 18.5 Å². The second kappa shape index (κ2) is 7.28. The highest BCUT2D eigenvalue weighted by Crippen LogP contribution is 2.29. The van der Waals surface area contributed by atoms with Gasteiger partial charge in [-0.3, -0.25) is 4.79 Å². The second-order valence-corrected chi connectivity index (χ2v) is 7.65. The largest absolute Gasteiger partial charge is 0.320 e. The minimum Gasteiger partial charge on any atom is -0.320 e. The molecule has 7 nitrogen and oxygen atoms in total. The summed E-state index contributed by atoms with van der Waals surface area (Å²) in [5.74, 6) is -0.689. The minimum atomic E-state index is -2.83. The van der Waals surface area contributed by atoms with Crippen LogP contribution in [0.2, 0.25) is 0 Å². The summed E-state index contributed by atoms with van der Waals surface area (Å²) in [7, 11) is 0. The number of hydrogen-bond acceptors (Lipinski definition) is 6. The number of piperidine rings is 1. The number of aryl methyl sites for hydroxylation is 1. The fourth-order valence-corrected chi connectivity index (χ4v) is 4.16. The van der Waals surface area contributed by atoms with Gasteiger partial charge >= 0.3 is 0 Å². The number of fused-ring (bicyclic) bond motifs is 1. The number of carbonyl (C=O) groups excluding carboxylic acids is 1. The van der Waals surface area contributed by atoms with E-state index in [-0.39, 0.29) is 11.7 Å². The minimum absolute atomic E-state index is 0.180. The molecule has 0 unspecified atom stereocenters. The van der Waals surface area contributed by atoms with Gasteiger partial charge < -0.3 is 10.6 Å². The van der Waals surface area contributed by atoms with Gasteiger partial charge in [0.2, 0.25) is 0 Å². The Morgan fingerprint density at radius 3 is 2.89 bits per heavy atom. The van der Waals surface area contributed by atoms with E-state index in [9.17, 15) is 13.6 Å². The van der Waals surface area contributed by atoms with Gasteiger partial charge in [0.1, 0.15) is 5.69 Å². The molecule has 3 heterocycles. The molecule has 3 aromatic rings. The average Bonchev–Trinajstić information content (AvgIpc) is 3.25. The van der Waals surface area contributed by atoms with Crippen molar-refractivity contribution in [2.24, 2.45) is 0 Å². The monoisotopic (exact) mass is 392 g/mol. The normalized spacial score (nSPS) is 15.6. The van der Waals surface area contributed by atoms with Crippen LogP contribution in [0.4, 0.5) is 14.5 Å². The van der Waals surface area contributed by atoms with E-state index in [0.717, 1.165) is 28.3 Å². The van der Waals surface area contributed by atoms with Crippen LogP contribution in [0.15, 0.2) is 18.2 Å². The predicted molar refractivity (Wildman–Crippen MR) is 98.4 cm³/mol. The number of alkyl halides is 2. The summed E-state index contributed by atoms with van der Waals surface area (Å²) < 4.78 is 29.5. The lowest BCUT2D eigenvalue weighted by Gasteiger charge is -2.23. The molecule has 27 heavy (non-hydrogen) atoms. The van der Waals surface area contributed by atoms with Crippen LogP contribution < -0.4 is 10.6 Å². The highest BCUT2D eigenvalue weighted by molar-refractivity contribution is 7.18. The highest BCUT2D eigenvalue weighted by atomic mass is 32.1. The zero-order chi connectivity index (χ0) is 19.0. The number of halogens is 2. The van der Waals surface area contributed by atoms with Crippen molar-refractivity contribution in [1.82, 2.24) is 25.3 Å². The summed E-state index contributed by atoms with van der Waals surface area (Å²) in [6.07, 6.45) is -1.49. The zero-order valence-corrected chi connectivity index (χ0v) is 15.4. The van der Waals surface area contributed by atoms with Crippen LogP contribution in [-0.4, -0.2) is 39.0 Å². The number of benzene rings is 1. The molecule has 2 aromatic heterocycles. The van der Waals surface area contributed by atoms with Gasteiger partial charge in [-0.2, -0.15) is 0 Å². The Kier molecular flexibility index (Phi) is 4.83. The molecule has 1 fully saturated rings. The molecule has 0 spiro atoms. The van der Waals surface area contributed by atoms with Crippen LogP contribution in [-0.2, 0) is 0 Å². The zero-order valence-electron chi connectivity index (χ0n) is 14.6. The molecule has 10 heteroatoms. The van der Waals surface area contributed by atoms with Gasteiger partial charge in [0, 0.05) is 5.69 Å². The van der Waals surface area contributed by atoms with E-state index in [1.54, 1.807) is 18.2 Å². The highest BCUT2D eigenvalue weighted by Gasteiger charge is 2.30. The van der Waals surface area contributed by atoms with E-state index in [4.69, 9.17) is 0 Å². The summed E-state index contributed by atoms with van der Waals surface area (Å²) in [4.78, 5) is 17.0. The van der Waals surface area contributed by atoms with Crippen LogP contribution in [0, 0.1) is 6.92 Å². The fourth-order valence-electron chi connectivity index (χ4n) is 3.29. The molecular formula is C17H18F2N6OS. The summed E-state index contributed by atoms with van der Waals surface area (Å²) in [5, 5.41) is 14.4. The van der Waals surface area contributed by atoms with Gasteiger partial charge in [0.25, 0.3) is 12.3 Å².